The van der Waals surface area contributed by atoms with Gasteiger partial charge in [0.2, 0.25) is 0 Å². The third kappa shape index (κ3) is 8.12. The first-order chi connectivity index (χ1) is 7.63. The molecular weight excluding hydrogens is 196 g/mol. The fourth-order valence-electron chi connectivity index (χ4n) is 2.38. The summed E-state index contributed by atoms with van der Waals surface area (Å²) in [6, 6.07) is 0. The van der Waals surface area contributed by atoms with E-state index >= 15 is 0 Å². The van der Waals surface area contributed by atoms with Gasteiger partial charge in [0.05, 0.1) is 0 Å². The molecule has 16 heavy (non-hydrogen) atoms. The van der Waals surface area contributed by atoms with Crippen molar-refractivity contribution in [1.82, 2.24) is 10.2 Å². The van der Waals surface area contributed by atoms with Crippen LogP contribution in [0.1, 0.15) is 46.5 Å². The van der Waals surface area contributed by atoms with E-state index in [9.17, 15) is 0 Å². The summed E-state index contributed by atoms with van der Waals surface area (Å²) in [5.74, 6) is 1.64. The van der Waals surface area contributed by atoms with Crippen LogP contribution in [-0.2, 0) is 0 Å². The van der Waals surface area contributed by atoms with E-state index in [0.717, 1.165) is 18.4 Å². The Morgan fingerprint density at radius 3 is 2.38 bits per heavy atom. The van der Waals surface area contributed by atoms with Gasteiger partial charge in [0.25, 0.3) is 0 Å². The maximum atomic E-state index is 3.25. The van der Waals surface area contributed by atoms with Gasteiger partial charge in [-0.05, 0) is 38.9 Å². The van der Waals surface area contributed by atoms with E-state index in [0.29, 0.717) is 0 Å². The molecule has 0 saturated heterocycles. The van der Waals surface area contributed by atoms with Gasteiger partial charge in [-0.15, -0.1) is 0 Å². The molecule has 0 bridgehead atoms. The summed E-state index contributed by atoms with van der Waals surface area (Å²) in [7, 11) is 4.30. The van der Waals surface area contributed by atoms with Gasteiger partial charge in [-0.1, -0.05) is 40.0 Å². The molecule has 0 aliphatic rings. The van der Waals surface area contributed by atoms with Gasteiger partial charge in [-0.2, -0.15) is 0 Å². The SMILES string of the molecule is CCCCC(CC)CN(C)CC(C)CNC. The second-order valence-corrected chi connectivity index (χ2v) is 5.30. The van der Waals surface area contributed by atoms with E-state index in [1.165, 1.54) is 38.8 Å². The first-order valence-electron chi connectivity index (χ1n) is 6.97. The molecule has 2 heteroatoms. The maximum Gasteiger partial charge on any atom is 0.00162 e. The lowest BCUT2D eigenvalue weighted by molar-refractivity contribution is 0.230. The van der Waals surface area contributed by atoms with Crippen LogP contribution in [0.2, 0.25) is 0 Å². The summed E-state index contributed by atoms with van der Waals surface area (Å²) in [4.78, 5) is 2.51. The second-order valence-electron chi connectivity index (χ2n) is 5.30. The summed E-state index contributed by atoms with van der Waals surface area (Å²) in [6.45, 7) is 10.5. The predicted octanol–water partition coefficient (Wildman–Crippen LogP) is 2.99. The third-order valence-electron chi connectivity index (χ3n) is 3.29. The van der Waals surface area contributed by atoms with Crippen LogP contribution in [0.5, 0.6) is 0 Å². The Morgan fingerprint density at radius 1 is 1.19 bits per heavy atom. The minimum absolute atomic E-state index is 0.749. The predicted molar refractivity (Wildman–Crippen MR) is 73.9 cm³/mol. The Labute approximate surface area is 103 Å². The summed E-state index contributed by atoms with van der Waals surface area (Å²) in [5, 5.41) is 3.25. The van der Waals surface area contributed by atoms with Crippen molar-refractivity contribution in [2.75, 3.05) is 33.7 Å². The van der Waals surface area contributed by atoms with Crippen molar-refractivity contribution < 1.29 is 0 Å². The molecule has 98 valence electrons. The molecule has 0 fully saturated rings. The highest BCUT2D eigenvalue weighted by Gasteiger charge is 2.11. The molecule has 0 rings (SSSR count). The van der Waals surface area contributed by atoms with Crippen LogP contribution < -0.4 is 5.32 Å². The quantitative estimate of drug-likeness (QED) is 0.618. The van der Waals surface area contributed by atoms with E-state index in [4.69, 9.17) is 0 Å². The van der Waals surface area contributed by atoms with Gasteiger partial charge >= 0.3 is 0 Å². The molecular formula is C14H32N2. The zero-order valence-electron chi connectivity index (χ0n) is 12.1. The van der Waals surface area contributed by atoms with Crippen molar-refractivity contribution in [2.24, 2.45) is 11.8 Å². The number of rotatable bonds is 10. The summed E-state index contributed by atoms with van der Waals surface area (Å²) >= 11 is 0. The minimum atomic E-state index is 0.749. The van der Waals surface area contributed by atoms with Crippen molar-refractivity contribution in [3.8, 4) is 0 Å². The lowest BCUT2D eigenvalue weighted by Crippen LogP contribution is -2.33. The summed E-state index contributed by atoms with van der Waals surface area (Å²) in [6.07, 6.45) is 5.44. The molecule has 2 nitrogen and oxygen atoms in total. The van der Waals surface area contributed by atoms with Gasteiger partial charge < -0.3 is 10.2 Å². The van der Waals surface area contributed by atoms with Crippen molar-refractivity contribution in [3.05, 3.63) is 0 Å². The highest BCUT2D eigenvalue weighted by molar-refractivity contribution is 4.66. The second kappa shape index (κ2) is 10.1. The van der Waals surface area contributed by atoms with Gasteiger partial charge in [-0.25, -0.2) is 0 Å². The van der Waals surface area contributed by atoms with Crippen molar-refractivity contribution >= 4 is 0 Å². The molecule has 0 aromatic carbocycles. The summed E-state index contributed by atoms with van der Waals surface area (Å²) < 4.78 is 0. The number of hydrogen-bond donors (Lipinski definition) is 1. The topological polar surface area (TPSA) is 15.3 Å². The average molecular weight is 228 g/mol. The Morgan fingerprint density at radius 2 is 1.88 bits per heavy atom. The third-order valence-corrected chi connectivity index (χ3v) is 3.29. The molecule has 0 aliphatic heterocycles. The molecule has 1 N–H and O–H groups in total. The Bertz CT molecular complexity index is 148. The molecule has 0 heterocycles. The average Bonchev–Trinajstić information content (AvgIpc) is 2.24. The minimum Gasteiger partial charge on any atom is -0.319 e. The van der Waals surface area contributed by atoms with Gasteiger partial charge in [0.1, 0.15) is 0 Å². The van der Waals surface area contributed by atoms with Gasteiger partial charge in [0, 0.05) is 13.1 Å². The van der Waals surface area contributed by atoms with Crippen LogP contribution in [0.25, 0.3) is 0 Å². The van der Waals surface area contributed by atoms with Gasteiger partial charge in [0.15, 0.2) is 0 Å². The highest BCUT2D eigenvalue weighted by Crippen LogP contribution is 2.14. The Balaban J connectivity index is 3.76. The van der Waals surface area contributed by atoms with E-state index in [-0.39, 0.29) is 0 Å². The van der Waals surface area contributed by atoms with Crippen LogP contribution in [-0.4, -0.2) is 38.6 Å². The number of nitrogens with one attached hydrogen (secondary N) is 1. The van der Waals surface area contributed by atoms with Crippen LogP contribution >= 0.6 is 0 Å². The molecule has 2 atom stereocenters. The van der Waals surface area contributed by atoms with E-state index in [1.807, 2.05) is 7.05 Å². The Kier molecular flexibility index (Phi) is 10.0. The monoisotopic (exact) mass is 228 g/mol. The van der Waals surface area contributed by atoms with Crippen LogP contribution in [0, 0.1) is 11.8 Å². The van der Waals surface area contributed by atoms with E-state index in [1.54, 1.807) is 0 Å². The zero-order valence-corrected chi connectivity index (χ0v) is 12.1. The fourth-order valence-corrected chi connectivity index (χ4v) is 2.38. The molecule has 0 aromatic heterocycles. The highest BCUT2D eigenvalue weighted by atomic mass is 15.1. The number of nitrogens with zero attached hydrogens (tertiary/aromatic N) is 1. The number of unbranched alkanes of at least 4 members (excludes halogenated alkanes) is 1. The molecule has 0 aliphatic carbocycles. The van der Waals surface area contributed by atoms with Crippen LogP contribution in [0.3, 0.4) is 0 Å². The zero-order chi connectivity index (χ0) is 12.4. The molecule has 0 radical (unpaired) electrons. The lowest BCUT2D eigenvalue weighted by atomic mass is 9.98. The smallest absolute Gasteiger partial charge is 0.00162 e. The molecule has 0 aromatic rings. The van der Waals surface area contributed by atoms with Crippen LogP contribution in [0.15, 0.2) is 0 Å². The largest absolute Gasteiger partial charge is 0.319 e. The van der Waals surface area contributed by atoms with Crippen LogP contribution in [0.4, 0.5) is 0 Å². The molecule has 0 amide bonds. The van der Waals surface area contributed by atoms with Crippen molar-refractivity contribution in [3.63, 3.8) is 0 Å². The van der Waals surface area contributed by atoms with E-state index < -0.39 is 0 Å². The number of hydrogen-bond acceptors (Lipinski definition) is 2. The standard InChI is InChI=1S/C14H32N2/c1-6-8-9-14(7-2)12-16(5)11-13(3)10-15-4/h13-15H,6-12H2,1-5H3. The van der Waals surface area contributed by atoms with Gasteiger partial charge in [-0.3, -0.25) is 0 Å². The van der Waals surface area contributed by atoms with E-state index in [2.05, 4.69) is 38.0 Å². The fraction of sp³-hybridized carbons (Fsp3) is 1.00. The lowest BCUT2D eigenvalue weighted by Gasteiger charge is -2.25. The maximum absolute atomic E-state index is 3.25. The molecule has 0 spiro atoms. The molecule has 0 saturated carbocycles. The summed E-state index contributed by atoms with van der Waals surface area (Å²) in [5.41, 5.74) is 0. The van der Waals surface area contributed by atoms with Crippen molar-refractivity contribution in [1.29, 1.82) is 0 Å². The normalized spacial score (nSPS) is 15.4. The first kappa shape index (κ1) is 15.9. The van der Waals surface area contributed by atoms with Crippen molar-refractivity contribution in [2.45, 2.75) is 46.5 Å². The Hall–Kier alpha value is -0.0800. The first-order valence-corrected chi connectivity index (χ1v) is 6.97. The molecule has 2 unspecified atom stereocenters.